The zero-order valence-electron chi connectivity index (χ0n) is 17.8. The maximum atomic E-state index is 12.5. The van der Waals surface area contributed by atoms with Crippen LogP contribution in [0.5, 0.6) is 0 Å². The molecule has 0 radical (unpaired) electrons. The molecule has 172 valence electrons. The minimum absolute atomic E-state index is 0.101. The topological polar surface area (TPSA) is 106 Å². The van der Waals surface area contributed by atoms with Gasteiger partial charge in [-0.25, -0.2) is 0 Å². The molecule has 3 aromatic rings. The second-order valence-electron chi connectivity index (χ2n) is 7.71. The van der Waals surface area contributed by atoms with Gasteiger partial charge >= 0.3 is 0 Å². The van der Waals surface area contributed by atoms with Crippen molar-refractivity contribution in [2.24, 2.45) is 0 Å². The Morgan fingerprint density at radius 2 is 1.88 bits per heavy atom. The average molecular weight is 487 g/mol. The summed E-state index contributed by atoms with van der Waals surface area (Å²) in [5.41, 5.74) is 1.32. The van der Waals surface area contributed by atoms with Crippen molar-refractivity contribution in [3.63, 3.8) is 0 Å². The van der Waals surface area contributed by atoms with Crippen LogP contribution in [0, 0.1) is 10.1 Å². The molecular weight excluding hydrogens is 464 g/mol. The predicted octanol–water partition coefficient (Wildman–Crippen LogP) is 4.21. The third-order valence-corrected chi connectivity index (χ3v) is 6.59. The fraction of sp³-hybridized carbons (Fsp3) is 0.318. The summed E-state index contributed by atoms with van der Waals surface area (Å²) in [4.78, 5) is 25.2. The Morgan fingerprint density at radius 3 is 2.58 bits per heavy atom. The molecule has 9 nitrogen and oxygen atoms in total. The van der Waals surface area contributed by atoms with E-state index < -0.39 is 4.92 Å². The summed E-state index contributed by atoms with van der Waals surface area (Å²) in [5.74, 6) is 0.692. The van der Waals surface area contributed by atoms with E-state index in [9.17, 15) is 14.9 Å². The number of benzene rings is 2. The van der Waals surface area contributed by atoms with Crippen LogP contribution in [0.3, 0.4) is 0 Å². The van der Waals surface area contributed by atoms with Crippen LogP contribution >= 0.6 is 23.4 Å². The number of amides is 1. The number of rotatable bonds is 9. The first-order valence-corrected chi connectivity index (χ1v) is 11.9. The van der Waals surface area contributed by atoms with Gasteiger partial charge in [-0.1, -0.05) is 53.7 Å². The van der Waals surface area contributed by atoms with Crippen LogP contribution in [-0.2, 0) is 17.9 Å². The third-order valence-electron chi connectivity index (χ3n) is 5.31. The number of hydrogen-bond donors (Lipinski definition) is 1. The number of carbonyl (C=O) groups excluding carboxylic acids is 1. The van der Waals surface area contributed by atoms with Crippen molar-refractivity contribution in [3.05, 3.63) is 75.1 Å². The van der Waals surface area contributed by atoms with Crippen LogP contribution in [0.2, 0.25) is 5.02 Å². The smallest absolute Gasteiger partial charge is 0.271 e. The monoisotopic (exact) mass is 486 g/mol. The zero-order chi connectivity index (χ0) is 23.2. The Bertz CT molecular complexity index is 1130. The van der Waals surface area contributed by atoms with E-state index in [1.54, 1.807) is 0 Å². The highest BCUT2D eigenvalue weighted by Gasteiger charge is 2.20. The maximum Gasteiger partial charge on any atom is 0.271 e. The first kappa shape index (κ1) is 23.2. The number of carbonyl (C=O) groups is 1. The molecule has 0 saturated carbocycles. The molecule has 1 fully saturated rings. The van der Waals surface area contributed by atoms with Crippen molar-refractivity contribution in [2.45, 2.75) is 31.1 Å². The van der Waals surface area contributed by atoms with Crippen molar-refractivity contribution in [3.8, 4) is 0 Å². The van der Waals surface area contributed by atoms with E-state index in [-0.39, 0.29) is 22.4 Å². The highest BCUT2D eigenvalue weighted by atomic mass is 35.5. The van der Waals surface area contributed by atoms with Gasteiger partial charge in [0.1, 0.15) is 5.82 Å². The van der Waals surface area contributed by atoms with Crippen LogP contribution in [0.15, 0.2) is 53.7 Å². The molecule has 1 aliphatic rings. The summed E-state index contributed by atoms with van der Waals surface area (Å²) in [6.45, 7) is 3.46. The van der Waals surface area contributed by atoms with Crippen molar-refractivity contribution >= 4 is 40.6 Å². The summed E-state index contributed by atoms with van der Waals surface area (Å²) in [5, 5.41) is 23.1. The Labute approximate surface area is 200 Å². The van der Waals surface area contributed by atoms with Crippen LogP contribution in [0.1, 0.15) is 24.2 Å². The number of nitro benzene ring substituents is 1. The van der Waals surface area contributed by atoms with Gasteiger partial charge in [0.05, 0.1) is 34.5 Å². The van der Waals surface area contributed by atoms with Gasteiger partial charge < -0.3 is 9.88 Å². The number of non-ortho nitro benzene ring substituents is 1. The lowest BCUT2D eigenvalue weighted by Crippen LogP contribution is -2.22. The van der Waals surface area contributed by atoms with Crippen molar-refractivity contribution < 1.29 is 9.72 Å². The lowest BCUT2D eigenvalue weighted by Gasteiger charge is -2.16. The summed E-state index contributed by atoms with van der Waals surface area (Å²) >= 11 is 7.37. The average Bonchev–Trinajstić information content (AvgIpc) is 3.45. The van der Waals surface area contributed by atoms with Gasteiger partial charge in [-0.05, 0) is 37.6 Å². The SMILES string of the molecule is O=C(CSc1nnc(CN2CCCC2)n1Cc1ccccc1)Nc1ccc([N+](=O)[O-])cc1Cl. The minimum Gasteiger partial charge on any atom is -0.324 e. The molecule has 11 heteroatoms. The van der Waals surface area contributed by atoms with Gasteiger partial charge in [-0.3, -0.25) is 19.8 Å². The normalized spacial score (nSPS) is 13.8. The fourth-order valence-electron chi connectivity index (χ4n) is 3.64. The van der Waals surface area contributed by atoms with Gasteiger partial charge in [0.15, 0.2) is 5.16 Å². The molecule has 0 bridgehead atoms. The third kappa shape index (κ3) is 6.10. The van der Waals surface area contributed by atoms with E-state index in [1.807, 2.05) is 18.2 Å². The molecule has 33 heavy (non-hydrogen) atoms. The predicted molar refractivity (Wildman–Crippen MR) is 128 cm³/mol. The largest absolute Gasteiger partial charge is 0.324 e. The molecule has 1 aromatic heterocycles. The van der Waals surface area contributed by atoms with Crippen LogP contribution in [-0.4, -0.2) is 49.3 Å². The van der Waals surface area contributed by atoms with Gasteiger partial charge in [0.25, 0.3) is 5.69 Å². The summed E-state index contributed by atoms with van der Waals surface area (Å²) < 4.78 is 2.06. The first-order chi connectivity index (χ1) is 16.0. The number of hydrogen-bond acceptors (Lipinski definition) is 7. The molecule has 2 heterocycles. The van der Waals surface area contributed by atoms with Gasteiger partial charge in [0.2, 0.25) is 5.91 Å². The van der Waals surface area contributed by atoms with Crippen LogP contribution in [0.25, 0.3) is 0 Å². The molecule has 0 aliphatic carbocycles. The molecule has 0 spiro atoms. The molecule has 1 saturated heterocycles. The molecule has 4 rings (SSSR count). The van der Waals surface area contributed by atoms with Crippen molar-refractivity contribution in [2.75, 3.05) is 24.2 Å². The number of nitrogens with zero attached hydrogens (tertiary/aromatic N) is 5. The van der Waals surface area contributed by atoms with Gasteiger partial charge in [0, 0.05) is 12.1 Å². The molecule has 1 aliphatic heterocycles. The standard InChI is InChI=1S/C22H23ClN6O3S/c23-18-12-17(29(31)32)8-9-19(18)24-21(30)15-33-22-26-25-20(14-27-10-4-5-11-27)28(22)13-16-6-2-1-3-7-16/h1-3,6-9,12H,4-5,10-11,13-15H2,(H,24,30). The molecule has 0 atom stereocenters. The number of aromatic nitrogens is 3. The number of likely N-dealkylation sites (tertiary alicyclic amines) is 1. The van der Waals surface area contributed by atoms with E-state index in [2.05, 4.69) is 37.1 Å². The second kappa shape index (κ2) is 10.8. The number of nitrogens with one attached hydrogen (secondary N) is 1. The van der Waals surface area contributed by atoms with Crippen molar-refractivity contribution in [1.82, 2.24) is 19.7 Å². The minimum atomic E-state index is -0.535. The lowest BCUT2D eigenvalue weighted by molar-refractivity contribution is -0.384. The van der Waals surface area contributed by atoms with Crippen LogP contribution in [0.4, 0.5) is 11.4 Å². The highest BCUT2D eigenvalue weighted by molar-refractivity contribution is 7.99. The van der Waals surface area contributed by atoms with Crippen molar-refractivity contribution in [1.29, 1.82) is 0 Å². The maximum absolute atomic E-state index is 12.5. The van der Waals surface area contributed by atoms with E-state index in [0.717, 1.165) is 31.0 Å². The first-order valence-electron chi connectivity index (χ1n) is 10.5. The van der Waals surface area contributed by atoms with Gasteiger partial charge in [-0.15, -0.1) is 10.2 Å². The lowest BCUT2D eigenvalue weighted by atomic mass is 10.2. The summed E-state index contributed by atoms with van der Waals surface area (Å²) in [7, 11) is 0. The number of nitro groups is 1. The van der Waals surface area contributed by atoms with Gasteiger partial charge in [-0.2, -0.15) is 0 Å². The molecule has 0 unspecified atom stereocenters. The molecule has 1 N–H and O–H groups in total. The van der Waals surface area contributed by atoms with E-state index in [4.69, 9.17) is 11.6 Å². The molecule has 1 amide bonds. The number of halogens is 1. The molecule has 2 aromatic carbocycles. The van der Waals surface area contributed by atoms with E-state index >= 15 is 0 Å². The quantitative estimate of drug-likeness (QED) is 0.274. The Balaban J connectivity index is 1.44. The summed E-state index contributed by atoms with van der Waals surface area (Å²) in [6.07, 6.45) is 2.39. The summed E-state index contributed by atoms with van der Waals surface area (Å²) in [6, 6.07) is 14.0. The number of anilines is 1. The zero-order valence-corrected chi connectivity index (χ0v) is 19.4. The second-order valence-corrected chi connectivity index (χ2v) is 9.06. The van der Waals surface area contributed by atoms with Crippen LogP contribution < -0.4 is 5.32 Å². The Kier molecular flexibility index (Phi) is 7.58. The molecular formula is C22H23ClN6O3S. The van der Waals surface area contributed by atoms with E-state index in [0.29, 0.717) is 17.4 Å². The fourth-order valence-corrected chi connectivity index (χ4v) is 4.62. The van der Waals surface area contributed by atoms with E-state index in [1.165, 1.54) is 42.8 Å². The Morgan fingerprint density at radius 1 is 1.12 bits per heavy atom. The highest BCUT2D eigenvalue weighted by Crippen LogP contribution is 2.27. The number of thioether (sulfide) groups is 1. The Hall–Kier alpha value is -2.95.